The van der Waals surface area contributed by atoms with Crippen molar-refractivity contribution in [1.29, 1.82) is 0 Å². The summed E-state index contributed by atoms with van der Waals surface area (Å²) in [5.41, 5.74) is 0.887. The van der Waals surface area contributed by atoms with Crippen molar-refractivity contribution in [2.45, 2.75) is 6.54 Å². The number of benzene rings is 1. The van der Waals surface area contributed by atoms with Crippen LogP contribution in [0, 0.1) is 0 Å². The Labute approximate surface area is 83.4 Å². The zero-order chi connectivity index (χ0) is 8.97. The SMILES string of the molecule is O=C=NCc1cc(Cl)cc(Br)c1. The van der Waals surface area contributed by atoms with Crippen LogP contribution in [0.5, 0.6) is 0 Å². The van der Waals surface area contributed by atoms with Gasteiger partial charge in [0.15, 0.2) is 0 Å². The molecular formula is C8H5BrClNO. The average Bonchev–Trinajstić information content (AvgIpc) is 1.99. The lowest BCUT2D eigenvalue weighted by molar-refractivity contribution is 0.563. The number of hydrogen-bond donors (Lipinski definition) is 0. The molecule has 0 amide bonds. The molecule has 1 aromatic carbocycles. The topological polar surface area (TPSA) is 29.4 Å². The van der Waals surface area contributed by atoms with Gasteiger partial charge in [-0.3, -0.25) is 0 Å². The summed E-state index contributed by atoms with van der Waals surface area (Å²) in [7, 11) is 0. The molecule has 4 heteroatoms. The second-order valence-electron chi connectivity index (χ2n) is 2.19. The molecule has 0 aliphatic rings. The van der Waals surface area contributed by atoms with E-state index in [9.17, 15) is 4.79 Å². The minimum atomic E-state index is 0.322. The molecule has 0 saturated heterocycles. The van der Waals surface area contributed by atoms with E-state index in [4.69, 9.17) is 11.6 Å². The van der Waals surface area contributed by atoms with Crippen LogP contribution in [0.4, 0.5) is 0 Å². The highest BCUT2D eigenvalue weighted by molar-refractivity contribution is 9.10. The van der Waals surface area contributed by atoms with Crippen molar-refractivity contribution < 1.29 is 4.79 Å². The Kier molecular flexibility index (Phi) is 3.48. The van der Waals surface area contributed by atoms with Crippen LogP contribution in [-0.4, -0.2) is 6.08 Å². The summed E-state index contributed by atoms with van der Waals surface area (Å²) in [5.74, 6) is 0. The Hall–Kier alpha value is -0.630. The molecule has 0 radical (unpaired) electrons. The summed E-state index contributed by atoms with van der Waals surface area (Å²) >= 11 is 9.04. The standard InChI is InChI=1S/C8H5BrClNO/c9-7-1-6(4-11-5-12)2-8(10)3-7/h1-3H,4H2. The van der Waals surface area contributed by atoms with E-state index in [0.29, 0.717) is 11.6 Å². The number of nitrogens with zero attached hydrogens (tertiary/aromatic N) is 1. The minimum absolute atomic E-state index is 0.322. The van der Waals surface area contributed by atoms with Gasteiger partial charge in [-0.05, 0) is 23.8 Å². The van der Waals surface area contributed by atoms with Gasteiger partial charge in [-0.1, -0.05) is 27.5 Å². The number of aliphatic imine (C=N–C) groups is 1. The van der Waals surface area contributed by atoms with E-state index >= 15 is 0 Å². The molecule has 0 aliphatic heterocycles. The van der Waals surface area contributed by atoms with Gasteiger partial charge < -0.3 is 0 Å². The highest BCUT2D eigenvalue weighted by Crippen LogP contribution is 2.19. The molecule has 0 saturated carbocycles. The molecule has 0 aromatic heterocycles. The lowest BCUT2D eigenvalue weighted by atomic mass is 10.2. The first-order valence-corrected chi connectivity index (χ1v) is 4.38. The largest absolute Gasteiger partial charge is 0.235 e. The van der Waals surface area contributed by atoms with Crippen molar-refractivity contribution in [3.05, 3.63) is 33.3 Å². The minimum Gasteiger partial charge on any atom is -0.211 e. The Morgan fingerprint density at radius 2 is 2.25 bits per heavy atom. The zero-order valence-electron chi connectivity index (χ0n) is 6.05. The predicted molar refractivity (Wildman–Crippen MR) is 51.0 cm³/mol. The molecule has 0 fully saturated rings. The molecule has 0 aliphatic carbocycles. The van der Waals surface area contributed by atoms with Crippen LogP contribution < -0.4 is 0 Å². The first kappa shape index (κ1) is 9.46. The lowest BCUT2D eigenvalue weighted by Gasteiger charge is -1.97. The van der Waals surface area contributed by atoms with Gasteiger partial charge in [0.1, 0.15) is 0 Å². The Morgan fingerprint density at radius 1 is 1.50 bits per heavy atom. The fraction of sp³-hybridized carbons (Fsp3) is 0.125. The maximum absolute atomic E-state index is 9.81. The fourth-order valence-corrected chi connectivity index (χ4v) is 1.76. The van der Waals surface area contributed by atoms with Crippen LogP contribution in [0.15, 0.2) is 27.7 Å². The van der Waals surface area contributed by atoms with Crippen LogP contribution in [-0.2, 0) is 11.3 Å². The molecule has 0 atom stereocenters. The number of isocyanates is 1. The zero-order valence-corrected chi connectivity index (χ0v) is 8.39. The third kappa shape index (κ3) is 2.78. The number of rotatable bonds is 2. The third-order valence-corrected chi connectivity index (χ3v) is 1.92. The Balaban J connectivity index is 2.92. The maximum Gasteiger partial charge on any atom is 0.235 e. The first-order chi connectivity index (χ1) is 5.72. The Morgan fingerprint density at radius 3 is 2.83 bits per heavy atom. The van der Waals surface area contributed by atoms with Crippen LogP contribution >= 0.6 is 27.5 Å². The summed E-state index contributed by atoms with van der Waals surface area (Å²) in [4.78, 5) is 13.3. The summed E-state index contributed by atoms with van der Waals surface area (Å²) in [6, 6.07) is 5.38. The van der Waals surface area contributed by atoms with Crippen molar-refractivity contribution in [3.8, 4) is 0 Å². The molecule has 1 rings (SSSR count). The molecule has 0 spiro atoms. The van der Waals surface area contributed by atoms with Crippen molar-refractivity contribution >= 4 is 33.6 Å². The van der Waals surface area contributed by atoms with Crippen LogP contribution in [0.25, 0.3) is 0 Å². The van der Waals surface area contributed by atoms with Gasteiger partial charge >= 0.3 is 0 Å². The van der Waals surface area contributed by atoms with E-state index in [1.807, 2.05) is 6.07 Å². The molecule has 62 valence electrons. The van der Waals surface area contributed by atoms with Crippen molar-refractivity contribution in [2.24, 2.45) is 4.99 Å². The van der Waals surface area contributed by atoms with Gasteiger partial charge in [0, 0.05) is 9.50 Å². The van der Waals surface area contributed by atoms with Crippen molar-refractivity contribution in [2.75, 3.05) is 0 Å². The van der Waals surface area contributed by atoms with Gasteiger partial charge in [0.2, 0.25) is 6.08 Å². The predicted octanol–water partition coefficient (Wildman–Crippen LogP) is 2.94. The van der Waals surface area contributed by atoms with Crippen LogP contribution in [0.2, 0.25) is 5.02 Å². The fourth-order valence-electron chi connectivity index (χ4n) is 0.826. The van der Waals surface area contributed by atoms with E-state index in [1.165, 1.54) is 6.08 Å². The van der Waals surface area contributed by atoms with Crippen LogP contribution in [0.3, 0.4) is 0 Å². The van der Waals surface area contributed by atoms with E-state index in [1.54, 1.807) is 12.1 Å². The maximum atomic E-state index is 9.81. The average molecular weight is 246 g/mol. The van der Waals surface area contributed by atoms with Crippen LogP contribution in [0.1, 0.15) is 5.56 Å². The van der Waals surface area contributed by atoms with Gasteiger partial charge in [0.25, 0.3) is 0 Å². The molecule has 0 N–H and O–H groups in total. The highest BCUT2D eigenvalue weighted by atomic mass is 79.9. The van der Waals surface area contributed by atoms with Crippen molar-refractivity contribution in [3.63, 3.8) is 0 Å². The van der Waals surface area contributed by atoms with Gasteiger partial charge in [-0.25, -0.2) is 9.79 Å². The third-order valence-electron chi connectivity index (χ3n) is 1.25. The smallest absolute Gasteiger partial charge is 0.211 e. The number of hydrogen-bond acceptors (Lipinski definition) is 2. The van der Waals surface area contributed by atoms with Gasteiger partial charge in [0.05, 0.1) is 6.54 Å². The Bertz CT molecular complexity index is 314. The molecule has 0 bridgehead atoms. The summed E-state index contributed by atoms with van der Waals surface area (Å²) in [5, 5.41) is 0.625. The van der Waals surface area contributed by atoms with E-state index in [0.717, 1.165) is 10.0 Å². The lowest BCUT2D eigenvalue weighted by Crippen LogP contribution is -1.80. The molecule has 1 aromatic rings. The summed E-state index contributed by atoms with van der Waals surface area (Å²) < 4.78 is 0.881. The van der Waals surface area contributed by atoms with E-state index in [2.05, 4.69) is 20.9 Å². The highest BCUT2D eigenvalue weighted by Gasteiger charge is 1.96. The first-order valence-electron chi connectivity index (χ1n) is 3.21. The van der Waals surface area contributed by atoms with Crippen molar-refractivity contribution in [1.82, 2.24) is 0 Å². The molecule has 0 unspecified atom stereocenters. The summed E-state index contributed by atoms with van der Waals surface area (Å²) in [6.07, 6.45) is 1.47. The number of halogens is 2. The molecule has 12 heavy (non-hydrogen) atoms. The number of carbonyl (C=O) groups excluding carboxylic acids is 1. The van der Waals surface area contributed by atoms with Gasteiger partial charge in [-0.2, -0.15) is 0 Å². The summed E-state index contributed by atoms with van der Waals surface area (Å²) in [6.45, 7) is 0.322. The molecular weight excluding hydrogens is 241 g/mol. The normalized spacial score (nSPS) is 9.17. The second kappa shape index (κ2) is 4.41. The van der Waals surface area contributed by atoms with Gasteiger partial charge in [-0.15, -0.1) is 0 Å². The quantitative estimate of drug-likeness (QED) is 0.583. The van der Waals surface area contributed by atoms with E-state index < -0.39 is 0 Å². The monoisotopic (exact) mass is 245 g/mol. The molecule has 0 heterocycles. The molecule has 2 nitrogen and oxygen atoms in total. The van der Waals surface area contributed by atoms with E-state index in [-0.39, 0.29) is 0 Å². The second-order valence-corrected chi connectivity index (χ2v) is 3.54.